The van der Waals surface area contributed by atoms with E-state index in [2.05, 4.69) is 36.8 Å². The lowest BCUT2D eigenvalue weighted by Crippen LogP contribution is -2.15. The fourth-order valence-corrected chi connectivity index (χ4v) is 2.77. The quantitative estimate of drug-likeness (QED) is 0.742. The third-order valence-corrected chi connectivity index (χ3v) is 4.06. The molecule has 0 saturated heterocycles. The molecular formula is C16H13BrFN5O. The second kappa shape index (κ2) is 6.88. The number of rotatable bonds is 4. The molecule has 6 nitrogen and oxygen atoms in total. The van der Waals surface area contributed by atoms with Gasteiger partial charge in [0.2, 0.25) is 0 Å². The number of nitrogens with zero attached hydrogens (tertiary/aromatic N) is 4. The van der Waals surface area contributed by atoms with Crippen molar-refractivity contribution in [2.45, 2.75) is 13.3 Å². The van der Waals surface area contributed by atoms with Gasteiger partial charge in [-0.1, -0.05) is 19.1 Å². The number of aryl methyl sites for hydroxylation is 1. The van der Waals surface area contributed by atoms with Gasteiger partial charge in [-0.25, -0.2) is 4.39 Å². The van der Waals surface area contributed by atoms with Crippen molar-refractivity contribution in [1.82, 2.24) is 20.2 Å². The van der Waals surface area contributed by atoms with Gasteiger partial charge in [0.25, 0.3) is 5.91 Å². The number of nitrogens with one attached hydrogen (secondary N) is 1. The fraction of sp³-hybridized carbons (Fsp3) is 0.125. The second-order valence-electron chi connectivity index (χ2n) is 4.96. The lowest BCUT2D eigenvalue weighted by Gasteiger charge is -2.12. The smallest absolute Gasteiger partial charge is 0.256 e. The Bertz CT molecular complexity index is 896. The zero-order valence-corrected chi connectivity index (χ0v) is 14.3. The van der Waals surface area contributed by atoms with Gasteiger partial charge in [0.05, 0.1) is 16.9 Å². The van der Waals surface area contributed by atoms with Crippen molar-refractivity contribution in [1.29, 1.82) is 0 Å². The number of carbonyl (C=O) groups is 1. The molecule has 122 valence electrons. The fourth-order valence-electron chi connectivity index (χ4n) is 2.24. The lowest BCUT2D eigenvalue weighted by atomic mass is 10.2. The summed E-state index contributed by atoms with van der Waals surface area (Å²) in [5.41, 5.74) is 1.55. The van der Waals surface area contributed by atoms with Crippen molar-refractivity contribution in [2.75, 3.05) is 5.32 Å². The van der Waals surface area contributed by atoms with Gasteiger partial charge in [-0.3, -0.25) is 4.79 Å². The number of hydrogen-bond donors (Lipinski definition) is 1. The van der Waals surface area contributed by atoms with Crippen molar-refractivity contribution in [2.24, 2.45) is 0 Å². The van der Waals surface area contributed by atoms with Crippen LogP contribution in [-0.4, -0.2) is 26.1 Å². The molecule has 24 heavy (non-hydrogen) atoms. The second-order valence-corrected chi connectivity index (χ2v) is 5.81. The Morgan fingerprint density at radius 1 is 1.29 bits per heavy atom. The van der Waals surface area contributed by atoms with E-state index in [9.17, 15) is 9.18 Å². The summed E-state index contributed by atoms with van der Waals surface area (Å²) in [5.74, 6) is -0.0970. The van der Waals surface area contributed by atoms with Crippen LogP contribution in [0.4, 0.5) is 10.1 Å². The summed E-state index contributed by atoms with van der Waals surface area (Å²) in [5, 5.41) is 14.4. The molecule has 0 aliphatic rings. The Hall–Kier alpha value is -2.61. The maximum Gasteiger partial charge on any atom is 0.256 e. The highest BCUT2D eigenvalue weighted by molar-refractivity contribution is 9.10. The molecule has 8 heteroatoms. The molecule has 0 spiro atoms. The Labute approximate surface area is 145 Å². The van der Waals surface area contributed by atoms with Crippen LogP contribution < -0.4 is 5.32 Å². The van der Waals surface area contributed by atoms with Gasteiger partial charge in [-0.2, -0.15) is 4.68 Å². The predicted octanol–water partition coefficient (Wildman–Crippen LogP) is 3.38. The number of amides is 1. The molecule has 1 amide bonds. The highest BCUT2D eigenvalue weighted by atomic mass is 79.9. The number of para-hydroxylation sites is 2. The molecule has 1 N–H and O–H groups in total. The first-order chi connectivity index (χ1) is 11.6. The van der Waals surface area contributed by atoms with Gasteiger partial charge in [0.1, 0.15) is 5.82 Å². The zero-order chi connectivity index (χ0) is 17.1. The van der Waals surface area contributed by atoms with E-state index in [1.54, 1.807) is 16.8 Å². The van der Waals surface area contributed by atoms with Crippen molar-refractivity contribution in [3.63, 3.8) is 0 Å². The summed E-state index contributed by atoms with van der Waals surface area (Å²) < 4.78 is 15.1. The van der Waals surface area contributed by atoms with E-state index < -0.39 is 5.82 Å². The molecule has 3 aromatic rings. The molecule has 3 rings (SSSR count). The van der Waals surface area contributed by atoms with Crippen LogP contribution in [0.3, 0.4) is 0 Å². The number of halogens is 2. The van der Waals surface area contributed by atoms with Gasteiger partial charge in [0, 0.05) is 10.9 Å². The molecule has 0 atom stereocenters. The van der Waals surface area contributed by atoms with Gasteiger partial charge < -0.3 is 5.32 Å². The SMILES string of the molecule is CCc1nnnn1-c1ccccc1NC(=O)c1ccc(F)cc1Br. The van der Waals surface area contributed by atoms with E-state index >= 15 is 0 Å². The van der Waals surface area contributed by atoms with E-state index in [-0.39, 0.29) is 5.91 Å². The van der Waals surface area contributed by atoms with Crippen molar-refractivity contribution in [3.05, 3.63) is 64.1 Å². The van der Waals surface area contributed by atoms with Gasteiger partial charge >= 0.3 is 0 Å². The minimum Gasteiger partial charge on any atom is -0.320 e. The first-order valence-electron chi connectivity index (χ1n) is 7.23. The van der Waals surface area contributed by atoms with E-state index in [0.717, 1.165) is 0 Å². The van der Waals surface area contributed by atoms with Crippen LogP contribution in [-0.2, 0) is 6.42 Å². The van der Waals surface area contributed by atoms with Gasteiger partial charge in [-0.05, 0) is 56.7 Å². The van der Waals surface area contributed by atoms with E-state index in [1.165, 1.54) is 18.2 Å². The zero-order valence-electron chi connectivity index (χ0n) is 12.7. The number of anilines is 1. The third kappa shape index (κ3) is 3.18. The molecule has 0 radical (unpaired) electrons. The van der Waals surface area contributed by atoms with E-state index in [0.29, 0.717) is 33.7 Å². The molecule has 1 aromatic heterocycles. The first-order valence-corrected chi connectivity index (χ1v) is 8.02. The van der Waals surface area contributed by atoms with Crippen LogP contribution in [0.2, 0.25) is 0 Å². The Morgan fingerprint density at radius 2 is 2.08 bits per heavy atom. The summed E-state index contributed by atoms with van der Waals surface area (Å²) in [6.45, 7) is 1.94. The third-order valence-electron chi connectivity index (χ3n) is 3.41. The average Bonchev–Trinajstić information content (AvgIpc) is 3.03. The van der Waals surface area contributed by atoms with Gasteiger partial charge in [-0.15, -0.1) is 5.10 Å². The summed E-state index contributed by atoms with van der Waals surface area (Å²) in [7, 11) is 0. The van der Waals surface area contributed by atoms with Crippen LogP contribution in [0, 0.1) is 5.82 Å². The predicted molar refractivity (Wildman–Crippen MR) is 90.6 cm³/mol. The average molecular weight is 390 g/mol. The monoisotopic (exact) mass is 389 g/mol. The van der Waals surface area contributed by atoms with Crippen LogP contribution in [0.15, 0.2) is 46.9 Å². The first kappa shape index (κ1) is 16.3. The Balaban J connectivity index is 1.95. The minimum absolute atomic E-state index is 0.332. The topological polar surface area (TPSA) is 72.7 Å². The number of carbonyl (C=O) groups excluding carboxylic acids is 1. The number of hydrogen-bond acceptors (Lipinski definition) is 4. The molecule has 0 aliphatic heterocycles. The van der Waals surface area contributed by atoms with Crippen LogP contribution >= 0.6 is 15.9 Å². The summed E-state index contributed by atoms with van der Waals surface area (Å²) in [6.07, 6.45) is 0.652. The maximum atomic E-state index is 13.2. The summed E-state index contributed by atoms with van der Waals surface area (Å²) >= 11 is 3.20. The Morgan fingerprint density at radius 3 is 2.83 bits per heavy atom. The number of tetrazole rings is 1. The Kier molecular flexibility index (Phi) is 4.66. The molecule has 2 aromatic carbocycles. The van der Waals surface area contributed by atoms with Crippen molar-refractivity contribution < 1.29 is 9.18 Å². The van der Waals surface area contributed by atoms with Crippen LogP contribution in [0.5, 0.6) is 0 Å². The maximum absolute atomic E-state index is 13.2. The standard InChI is InChI=1S/C16H13BrFN5O/c1-2-15-20-21-22-23(15)14-6-4-3-5-13(14)19-16(24)11-8-7-10(18)9-12(11)17/h3-9H,2H2,1H3,(H,19,24). The minimum atomic E-state index is -0.417. The summed E-state index contributed by atoms with van der Waals surface area (Å²) in [6, 6.07) is 11.1. The largest absolute Gasteiger partial charge is 0.320 e. The number of aromatic nitrogens is 4. The van der Waals surface area contributed by atoms with Crippen LogP contribution in [0.25, 0.3) is 5.69 Å². The van der Waals surface area contributed by atoms with Crippen molar-refractivity contribution >= 4 is 27.5 Å². The molecule has 0 aliphatic carbocycles. The molecule has 0 bridgehead atoms. The van der Waals surface area contributed by atoms with Crippen LogP contribution in [0.1, 0.15) is 23.1 Å². The molecule has 0 fully saturated rings. The van der Waals surface area contributed by atoms with E-state index in [4.69, 9.17) is 0 Å². The molecule has 1 heterocycles. The summed E-state index contributed by atoms with van der Waals surface area (Å²) in [4.78, 5) is 12.5. The van der Waals surface area contributed by atoms with E-state index in [1.807, 2.05) is 19.1 Å². The number of benzene rings is 2. The molecule has 0 saturated carbocycles. The molecule has 0 unspecified atom stereocenters. The normalized spacial score (nSPS) is 10.6. The highest BCUT2D eigenvalue weighted by Crippen LogP contribution is 2.23. The lowest BCUT2D eigenvalue weighted by molar-refractivity contribution is 0.102. The van der Waals surface area contributed by atoms with Crippen molar-refractivity contribution in [3.8, 4) is 5.69 Å². The van der Waals surface area contributed by atoms with Gasteiger partial charge in [0.15, 0.2) is 5.82 Å². The highest BCUT2D eigenvalue weighted by Gasteiger charge is 2.15. The molecular weight excluding hydrogens is 377 g/mol.